The number of fused-ring (bicyclic) bond motifs is 1. The second-order valence-electron chi connectivity index (χ2n) is 6.90. The predicted octanol–water partition coefficient (Wildman–Crippen LogP) is 2.53. The van der Waals surface area contributed by atoms with Gasteiger partial charge in [-0.2, -0.15) is 4.98 Å². The van der Waals surface area contributed by atoms with Crippen LogP contribution >= 0.6 is 0 Å². The molecular formula is C19H18N4O5. The van der Waals surface area contributed by atoms with Gasteiger partial charge in [-0.1, -0.05) is 17.3 Å². The molecule has 0 saturated carbocycles. The number of imide groups is 1. The number of rotatable bonds is 6. The molecule has 144 valence electrons. The van der Waals surface area contributed by atoms with Crippen molar-refractivity contribution in [3.8, 4) is 11.4 Å². The van der Waals surface area contributed by atoms with Gasteiger partial charge in [-0.05, 0) is 31.4 Å². The Balaban J connectivity index is 1.34. The molecular weight excluding hydrogens is 364 g/mol. The topological polar surface area (TPSA) is 119 Å². The van der Waals surface area contributed by atoms with Crippen molar-refractivity contribution in [2.24, 2.45) is 11.8 Å². The average molecular weight is 382 g/mol. The molecule has 0 radical (unpaired) electrons. The molecule has 2 aliphatic rings. The summed E-state index contributed by atoms with van der Waals surface area (Å²) in [7, 11) is 0. The van der Waals surface area contributed by atoms with E-state index in [0.717, 1.165) is 0 Å². The summed E-state index contributed by atoms with van der Waals surface area (Å²) in [6.07, 6.45) is 6.17. The molecule has 1 aliphatic carbocycles. The highest BCUT2D eigenvalue weighted by molar-refractivity contribution is 6.05. The molecule has 9 heteroatoms. The van der Waals surface area contributed by atoms with Gasteiger partial charge >= 0.3 is 0 Å². The van der Waals surface area contributed by atoms with Crippen LogP contribution in [0.15, 0.2) is 40.9 Å². The number of hydrogen-bond donors (Lipinski definition) is 0. The molecule has 1 saturated heterocycles. The quantitative estimate of drug-likeness (QED) is 0.326. The van der Waals surface area contributed by atoms with Crippen LogP contribution in [-0.4, -0.2) is 38.3 Å². The van der Waals surface area contributed by atoms with Gasteiger partial charge in [-0.25, -0.2) is 0 Å². The Kier molecular flexibility index (Phi) is 4.72. The Bertz CT molecular complexity index is 923. The van der Waals surface area contributed by atoms with Crippen LogP contribution in [-0.2, 0) is 16.0 Å². The maximum Gasteiger partial charge on any atom is 0.269 e. The Morgan fingerprint density at radius 3 is 2.36 bits per heavy atom. The van der Waals surface area contributed by atoms with Crippen molar-refractivity contribution >= 4 is 17.5 Å². The zero-order valence-corrected chi connectivity index (χ0v) is 15.0. The molecule has 2 aromatic rings. The van der Waals surface area contributed by atoms with Gasteiger partial charge in [-0.3, -0.25) is 24.6 Å². The van der Waals surface area contributed by atoms with Crippen LogP contribution in [0.3, 0.4) is 0 Å². The zero-order valence-electron chi connectivity index (χ0n) is 15.0. The third-order valence-corrected chi connectivity index (χ3v) is 5.18. The van der Waals surface area contributed by atoms with Gasteiger partial charge in [0.1, 0.15) is 0 Å². The van der Waals surface area contributed by atoms with Crippen molar-refractivity contribution in [1.29, 1.82) is 0 Å². The normalized spacial score (nSPS) is 21.2. The fraction of sp³-hybridized carbons (Fsp3) is 0.368. The van der Waals surface area contributed by atoms with Crippen LogP contribution in [0.4, 0.5) is 5.69 Å². The number of nitro benzene ring substituents is 1. The Morgan fingerprint density at radius 2 is 1.75 bits per heavy atom. The predicted molar refractivity (Wildman–Crippen MR) is 96.8 cm³/mol. The van der Waals surface area contributed by atoms with Gasteiger partial charge < -0.3 is 4.52 Å². The molecule has 2 heterocycles. The number of benzene rings is 1. The molecule has 1 fully saturated rings. The standard InChI is InChI=1S/C19H18N4O5/c24-18-14-4-1-2-5-15(14)19(25)22(18)11-3-6-16-20-17(21-28-16)12-7-9-13(10-8-12)23(26)27/h1-2,7-10,14-15H,3-6,11H2/t14-,15+. The van der Waals surface area contributed by atoms with Crippen LogP contribution in [0.1, 0.15) is 25.2 Å². The first kappa shape index (κ1) is 18.0. The molecule has 1 aromatic heterocycles. The maximum absolute atomic E-state index is 12.4. The lowest BCUT2D eigenvalue weighted by Gasteiger charge is -2.14. The molecule has 4 rings (SSSR count). The molecule has 2 atom stereocenters. The molecule has 1 aliphatic heterocycles. The molecule has 0 spiro atoms. The lowest BCUT2D eigenvalue weighted by Crippen LogP contribution is -2.32. The molecule has 0 N–H and O–H groups in total. The van der Waals surface area contributed by atoms with Gasteiger partial charge in [0.25, 0.3) is 5.69 Å². The third kappa shape index (κ3) is 3.30. The smallest absolute Gasteiger partial charge is 0.269 e. The van der Waals surface area contributed by atoms with Crippen molar-refractivity contribution in [3.63, 3.8) is 0 Å². The van der Waals surface area contributed by atoms with E-state index in [4.69, 9.17) is 4.52 Å². The number of allylic oxidation sites excluding steroid dienone is 2. The summed E-state index contributed by atoms with van der Waals surface area (Å²) in [5.74, 6) is 0.138. The monoisotopic (exact) mass is 382 g/mol. The molecule has 1 aromatic carbocycles. The highest BCUT2D eigenvalue weighted by Crippen LogP contribution is 2.35. The molecule has 0 bridgehead atoms. The fourth-order valence-corrected chi connectivity index (χ4v) is 3.68. The van der Waals surface area contributed by atoms with E-state index in [0.29, 0.717) is 49.5 Å². The number of aryl methyl sites for hydroxylation is 1. The summed E-state index contributed by atoms with van der Waals surface area (Å²) < 4.78 is 5.22. The average Bonchev–Trinajstić information content (AvgIpc) is 3.27. The van der Waals surface area contributed by atoms with Crippen LogP contribution in [0.2, 0.25) is 0 Å². The number of likely N-dealkylation sites (tertiary alicyclic amines) is 1. The SMILES string of the molecule is O=C1[C@H]2CC=CC[C@H]2C(=O)N1CCCc1nc(-c2ccc([N+](=O)[O-])cc2)no1. The van der Waals surface area contributed by atoms with E-state index < -0.39 is 4.92 Å². The highest BCUT2D eigenvalue weighted by atomic mass is 16.6. The Morgan fingerprint density at radius 1 is 1.11 bits per heavy atom. The number of carbonyl (C=O) groups excluding carboxylic acids is 2. The van der Waals surface area contributed by atoms with E-state index in [2.05, 4.69) is 10.1 Å². The highest BCUT2D eigenvalue weighted by Gasteiger charge is 2.46. The first-order chi connectivity index (χ1) is 13.5. The van der Waals surface area contributed by atoms with Gasteiger partial charge in [0.05, 0.1) is 16.8 Å². The largest absolute Gasteiger partial charge is 0.339 e. The molecule has 28 heavy (non-hydrogen) atoms. The minimum absolute atomic E-state index is 0.0109. The van der Waals surface area contributed by atoms with E-state index in [-0.39, 0.29) is 29.3 Å². The van der Waals surface area contributed by atoms with E-state index in [9.17, 15) is 19.7 Å². The molecule has 9 nitrogen and oxygen atoms in total. The number of non-ortho nitro benzene ring substituents is 1. The second kappa shape index (κ2) is 7.34. The first-order valence-electron chi connectivity index (χ1n) is 9.12. The minimum Gasteiger partial charge on any atom is -0.339 e. The zero-order chi connectivity index (χ0) is 19.7. The summed E-state index contributed by atoms with van der Waals surface area (Å²) in [6.45, 7) is 0.333. The summed E-state index contributed by atoms with van der Waals surface area (Å²) in [4.78, 5) is 40.7. The minimum atomic E-state index is -0.474. The summed E-state index contributed by atoms with van der Waals surface area (Å²) in [5.41, 5.74) is 0.602. The number of nitrogens with zero attached hydrogens (tertiary/aromatic N) is 4. The number of nitro groups is 1. The third-order valence-electron chi connectivity index (χ3n) is 5.18. The summed E-state index contributed by atoms with van der Waals surface area (Å²) >= 11 is 0. The van der Waals surface area contributed by atoms with Gasteiger partial charge in [0.15, 0.2) is 0 Å². The van der Waals surface area contributed by atoms with Crippen molar-refractivity contribution in [3.05, 3.63) is 52.4 Å². The number of hydrogen-bond acceptors (Lipinski definition) is 7. The van der Waals surface area contributed by atoms with Crippen molar-refractivity contribution in [2.45, 2.75) is 25.7 Å². The number of carbonyl (C=O) groups is 2. The Hall–Kier alpha value is -3.36. The van der Waals surface area contributed by atoms with E-state index in [1.807, 2.05) is 12.2 Å². The van der Waals surface area contributed by atoms with E-state index in [1.54, 1.807) is 12.1 Å². The van der Waals surface area contributed by atoms with Crippen molar-refractivity contribution in [2.75, 3.05) is 6.54 Å². The van der Waals surface area contributed by atoms with Crippen LogP contribution in [0.25, 0.3) is 11.4 Å². The lowest BCUT2D eigenvalue weighted by molar-refractivity contribution is -0.384. The van der Waals surface area contributed by atoms with E-state index in [1.165, 1.54) is 17.0 Å². The first-order valence-corrected chi connectivity index (χ1v) is 9.12. The number of aromatic nitrogens is 2. The van der Waals surface area contributed by atoms with Crippen molar-refractivity contribution < 1.29 is 19.0 Å². The van der Waals surface area contributed by atoms with Gasteiger partial charge in [0, 0.05) is 30.7 Å². The van der Waals surface area contributed by atoms with Crippen molar-refractivity contribution in [1.82, 2.24) is 15.0 Å². The lowest BCUT2D eigenvalue weighted by atomic mass is 9.85. The van der Waals surface area contributed by atoms with Gasteiger partial charge in [-0.15, -0.1) is 0 Å². The van der Waals surface area contributed by atoms with Crippen LogP contribution < -0.4 is 0 Å². The fourth-order valence-electron chi connectivity index (χ4n) is 3.68. The van der Waals surface area contributed by atoms with Crippen LogP contribution in [0.5, 0.6) is 0 Å². The molecule has 0 unspecified atom stereocenters. The van der Waals surface area contributed by atoms with Crippen LogP contribution in [0, 0.1) is 22.0 Å². The summed E-state index contributed by atoms with van der Waals surface area (Å²) in [6, 6.07) is 5.88. The van der Waals surface area contributed by atoms with Gasteiger partial charge in [0.2, 0.25) is 23.5 Å². The molecule has 2 amide bonds. The maximum atomic E-state index is 12.4. The van der Waals surface area contributed by atoms with E-state index >= 15 is 0 Å². The Labute approximate surface area is 160 Å². The second-order valence-corrected chi connectivity index (χ2v) is 6.90. The number of amides is 2. The summed E-state index contributed by atoms with van der Waals surface area (Å²) in [5, 5.41) is 14.6.